The number of hydrogen-bond donors (Lipinski definition) is 1. The van der Waals surface area contributed by atoms with Crippen molar-refractivity contribution in [2.45, 2.75) is 25.0 Å². The average molecular weight is 341 g/mol. The van der Waals surface area contributed by atoms with Gasteiger partial charge in [0.2, 0.25) is 10.0 Å². The molecule has 0 heterocycles. The number of ether oxygens (including phenoxy) is 1. The van der Waals surface area contributed by atoms with Crippen molar-refractivity contribution < 1.29 is 21.9 Å². The molecule has 4 nitrogen and oxygen atoms in total. The fraction of sp³-hybridized carbons (Fsp3) is 0.250. The Hall–Kier alpha value is -1.83. The third-order valence-corrected chi connectivity index (χ3v) is 4.49. The topological polar surface area (TPSA) is 55.4 Å². The van der Waals surface area contributed by atoms with Gasteiger partial charge in [-0.05, 0) is 30.2 Å². The van der Waals surface area contributed by atoms with E-state index in [0.717, 1.165) is 23.3 Å². The highest BCUT2D eigenvalue weighted by molar-refractivity contribution is 7.89. The van der Waals surface area contributed by atoms with Gasteiger partial charge in [-0.2, -0.15) is 0 Å². The second-order valence-corrected chi connectivity index (χ2v) is 6.65. The van der Waals surface area contributed by atoms with E-state index in [-0.39, 0.29) is 6.54 Å². The van der Waals surface area contributed by atoms with Crippen molar-refractivity contribution in [3.63, 3.8) is 0 Å². The van der Waals surface area contributed by atoms with Crippen molar-refractivity contribution in [3.8, 4) is 0 Å². The predicted octanol–water partition coefficient (Wildman–Crippen LogP) is 2.98. The normalized spacial score (nSPS) is 11.6. The molecule has 0 atom stereocenters. The molecule has 0 unspecified atom stereocenters. The predicted molar refractivity (Wildman–Crippen MR) is 82.2 cm³/mol. The van der Waals surface area contributed by atoms with Gasteiger partial charge in [0.1, 0.15) is 11.6 Å². The van der Waals surface area contributed by atoms with E-state index in [1.807, 2.05) is 19.1 Å². The van der Waals surface area contributed by atoms with Gasteiger partial charge in [0.05, 0.1) is 11.5 Å². The Morgan fingerprint density at radius 2 is 1.57 bits per heavy atom. The van der Waals surface area contributed by atoms with Crippen molar-refractivity contribution in [2.75, 3.05) is 6.61 Å². The van der Waals surface area contributed by atoms with Gasteiger partial charge in [-0.1, -0.05) is 24.3 Å². The first-order valence-corrected chi connectivity index (χ1v) is 8.50. The van der Waals surface area contributed by atoms with Crippen LogP contribution < -0.4 is 4.72 Å². The maximum absolute atomic E-state index is 13.1. The molecule has 23 heavy (non-hydrogen) atoms. The minimum Gasteiger partial charge on any atom is -0.377 e. The number of sulfonamides is 1. The molecule has 0 saturated heterocycles. The lowest BCUT2D eigenvalue weighted by Crippen LogP contribution is -2.23. The minimum absolute atomic E-state index is 0.0232. The van der Waals surface area contributed by atoms with Gasteiger partial charge < -0.3 is 4.74 Å². The quantitative estimate of drug-likeness (QED) is 0.842. The van der Waals surface area contributed by atoms with Crippen LogP contribution in [0, 0.1) is 11.6 Å². The van der Waals surface area contributed by atoms with Crippen LogP contribution in [-0.4, -0.2) is 15.0 Å². The van der Waals surface area contributed by atoms with E-state index in [0.29, 0.717) is 19.3 Å². The second-order valence-electron chi connectivity index (χ2n) is 4.88. The fourth-order valence-corrected chi connectivity index (χ4v) is 2.98. The van der Waals surface area contributed by atoms with Gasteiger partial charge in [0.15, 0.2) is 0 Å². The third kappa shape index (κ3) is 5.09. The minimum atomic E-state index is -3.98. The molecule has 0 saturated carbocycles. The Balaban J connectivity index is 2.04. The van der Waals surface area contributed by atoms with Gasteiger partial charge in [0, 0.05) is 19.2 Å². The summed E-state index contributed by atoms with van der Waals surface area (Å²) in [4.78, 5) is -0.442. The first-order chi connectivity index (χ1) is 10.9. The highest BCUT2D eigenvalue weighted by Gasteiger charge is 2.16. The number of halogens is 2. The van der Waals surface area contributed by atoms with E-state index >= 15 is 0 Å². The van der Waals surface area contributed by atoms with Gasteiger partial charge in [-0.25, -0.2) is 21.9 Å². The lowest BCUT2D eigenvalue weighted by Gasteiger charge is -2.08. The summed E-state index contributed by atoms with van der Waals surface area (Å²) < 4.78 is 57.9. The number of hydrogen-bond acceptors (Lipinski definition) is 3. The van der Waals surface area contributed by atoms with Crippen molar-refractivity contribution in [3.05, 3.63) is 65.2 Å². The molecule has 2 aromatic rings. The van der Waals surface area contributed by atoms with Crippen molar-refractivity contribution in [1.82, 2.24) is 4.72 Å². The van der Waals surface area contributed by atoms with Gasteiger partial charge in [-0.15, -0.1) is 0 Å². The maximum atomic E-state index is 13.1. The van der Waals surface area contributed by atoms with Crippen LogP contribution in [0.1, 0.15) is 18.1 Å². The van der Waals surface area contributed by atoms with Crippen LogP contribution in [0.4, 0.5) is 8.78 Å². The van der Waals surface area contributed by atoms with Crippen molar-refractivity contribution >= 4 is 10.0 Å². The van der Waals surface area contributed by atoms with E-state index in [4.69, 9.17) is 4.74 Å². The summed E-state index contributed by atoms with van der Waals surface area (Å²) in [5.41, 5.74) is 1.70. The molecule has 0 radical (unpaired) electrons. The second kappa shape index (κ2) is 7.63. The van der Waals surface area contributed by atoms with Gasteiger partial charge in [0.25, 0.3) is 0 Å². The molecule has 0 spiro atoms. The summed E-state index contributed by atoms with van der Waals surface area (Å²) in [6.45, 7) is 3.03. The Morgan fingerprint density at radius 3 is 2.13 bits per heavy atom. The molecule has 0 aliphatic carbocycles. The van der Waals surface area contributed by atoms with Crippen molar-refractivity contribution in [1.29, 1.82) is 0 Å². The molecule has 2 rings (SSSR count). The van der Waals surface area contributed by atoms with Crippen LogP contribution in [0.2, 0.25) is 0 Å². The molecule has 0 aliphatic rings. The SMILES string of the molecule is CCOCc1ccc(CNS(=O)(=O)c2cc(F)cc(F)c2)cc1. The van der Waals surface area contributed by atoms with Gasteiger partial charge in [-0.3, -0.25) is 0 Å². The zero-order chi connectivity index (χ0) is 16.9. The summed E-state index contributed by atoms with van der Waals surface area (Å²) in [6, 6.07) is 9.37. The number of nitrogens with one attached hydrogen (secondary N) is 1. The van der Waals surface area contributed by atoms with Crippen LogP contribution in [0.3, 0.4) is 0 Å². The summed E-state index contributed by atoms with van der Waals surface area (Å²) in [5.74, 6) is -1.88. The van der Waals surface area contributed by atoms with Crippen LogP contribution >= 0.6 is 0 Å². The molecular formula is C16H17F2NO3S. The van der Waals surface area contributed by atoms with Crippen LogP contribution in [0.5, 0.6) is 0 Å². The summed E-state index contributed by atoms with van der Waals surface area (Å²) >= 11 is 0. The monoisotopic (exact) mass is 341 g/mol. The van der Waals surface area contributed by atoms with Gasteiger partial charge >= 0.3 is 0 Å². The van der Waals surface area contributed by atoms with Crippen LogP contribution in [-0.2, 0) is 27.9 Å². The fourth-order valence-electron chi connectivity index (χ4n) is 1.92. The molecule has 2 aromatic carbocycles. The highest BCUT2D eigenvalue weighted by Crippen LogP contribution is 2.14. The molecular weight excluding hydrogens is 324 g/mol. The third-order valence-electron chi connectivity index (χ3n) is 3.11. The lowest BCUT2D eigenvalue weighted by molar-refractivity contribution is 0.134. The van der Waals surface area contributed by atoms with Crippen LogP contribution in [0.25, 0.3) is 0 Å². The molecule has 0 bridgehead atoms. The van der Waals surface area contributed by atoms with E-state index in [1.54, 1.807) is 12.1 Å². The number of rotatable bonds is 7. The summed E-state index contributed by atoms with van der Waals surface area (Å²) in [6.07, 6.45) is 0. The van der Waals surface area contributed by atoms with Crippen molar-refractivity contribution in [2.24, 2.45) is 0 Å². The molecule has 0 aliphatic heterocycles. The molecule has 0 aromatic heterocycles. The first-order valence-electron chi connectivity index (χ1n) is 7.02. The number of benzene rings is 2. The lowest BCUT2D eigenvalue weighted by atomic mass is 10.1. The molecule has 124 valence electrons. The average Bonchev–Trinajstić information content (AvgIpc) is 2.51. The first kappa shape index (κ1) is 17.5. The summed E-state index contributed by atoms with van der Waals surface area (Å²) in [5, 5.41) is 0. The standard InChI is InChI=1S/C16H17F2NO3S/c1-2-22-11-13-5-3-12(4-6-13)10-19-23(20,21)16-8-14(17)7-15(18)9-16/h3-9,19H,2,10-11H2,1H3. The zero-order valence-electron chi connectivity index (χ0n) is 12.6. The maximum Gasteiger partial charge on any atom is 0.241 e. The van der Waals surface area contributed by atoms with E-state index in [9.17, 15) is 17.2 Å². The summed E-state index contributed by atoms with van der Waals surface area (Å²) in [7, 11) is -3.98. The molecule has 7 heteroatoms. The van der Waals surface area contributed by atoms with E-state index < -0.39 is 26.6 Å². The van der Waals surface area contributed by atoms with E-state index in [1.165, 1.54) is 0 Å². The Labute approximate surface area is 134 Å². The molecule has 1 N–H and O–H groups in total. The van der Waals surface area contributed by atoms with Crippen LogP contribution in [0.15, 0.2) is 47.4 Å². The zero-order valence-corrected chi connectivity index (χ0v) is 13.4. The smallest absolute Gasteiger partial charge is 0.241 e. The molecule has 0 fully saturated rings. The Kier molecular flexibility index (Phi) is 5.81. The Bertz CT molecular complexity index is 741. The Morgan fingerprint density at radius 1 is 1.00 bits per heavy atom. The highest BCUT2D eigenvalue weighted by atomic mass is 32.2. The molecule has 0 amide bonds. The largest absolute Gasteiger partial charge is 0.377 e. The van der Waals surface area contributed by atoms with E-state index in [2.05, 4.69) is 4.72 Å².